The highest BCUT2D eigenvalue weighted by molar-refractivity contribution is 7.20. The van der Waals surface area contributed by atoms with Crippen molar-refractivity contribution >= 4 is 27.5 Å². The first kappa shape index (κ1) is 22.8. The average molecular weight is 474 g/mol. The number of nitrogens with one attached hydrogen (secondary N) is 1. The van der Waals surface area contributed by atoms with Crippen molar-refractivity contribution in [3.8, 4) is 5.69 Å². The van der Waals surface area contributed by atoms with E-state index >= 15 is 0 Å². The van der Waals surface area contributed by atoms with Gasteiger partial charge in [-0.2, -0.15) is 5.10 Å². The average Bonchev–Trinajstić information content (AvgIpc) is 3.42. The molecule has 176 valence electrons. The largest absolute Gasteiger partial charge is 0.347 e. The predicted molar refractivity (Wildman–Crippen MR) is 139 cm³/mol. The number of aromatic nitrogens is 2. The first-order valence-electron chi connectivity index (χ1n) is 11.8. The van der Waals surface area contributed by atoms with Gasteiger partial charge in [0, 0.05) is 37.6 Å². The molecule has 0 spiro atoms. The molecule has 3 heterocycles. The molecule has 7 heteroatoms. The van der Waals surface area contributed by atoms with Gasteiger partial charge >= 0.3 is 0 Å². The Morgan fingerprint density at radius 1 is 1.00 bits per heavy atom. The van der Waals surface area contributed by atoms with Gasteiger partial charge in [-0.3, -0.25) is 9.69 Å². The van der Waals surface area contributed by atoms with Gasteiger partial charge in [0.1, 0.15) is 4.83 Å². The Hall–Kier alpha value is -3.00. The van der Waals surface area contributed by atoms with Crippen molar-refractivity contribution in [1.82, 2.24) is 24.9 Å². The molecule has 0 saturated carbocycles. The van der Waals surface area contributed by atoms with E-state index in [1.54, 1.807) is 0 Å². The number of para-hydroxylation sites is 1. The van der Waals surface area contributed by atoms with Gasteiger partial charge in [-0.05, 0) is 44.7 Å². The number of thiophene rings is 1. The van der Waals surface area contributed by atoms with Crippen molar-refractivity contribution in [1.29, 1.82) is 0 Å². The molecule has 1 aliphatic heterocycles. The van der Waals surface area contributed by atoms with E-state index in [0.717, 1.165) is 52.7 Å². The van der Waals surface area contributed by atoms with E-state index < -0.39 is 0 Å². The number of hydrogen-bond acceptors (Lipinski definition) is 5. The second kappa shape index (κ2) is 9.70. The zero-order chi connectivity index (χ0) is 23.7. The second-order valence-electron chi connectivity index (χ2n) is 9.12. The van der Waals surface area contributed by atoms with Gasteiger partial charge < -0.3 is 10.2 Å². The van der Waals surface area contributed by atoms with E-state index in [-0.39, 0.29) is 18.0 Å². The molecule has 2 atom stereocenters. The lowest BCUT2D eigenvalue weighted by molar-refractivity contribution is 0.0793. The summed E-state index contributed by atoms with van der Waals surface area (Å²) in [6.45, 7) is 8.18. The van der Waals surface area contributed by atoms with Gasteiger partial charge in [-0.25, -0.2) is 4.68 Å². The Balaban J connectivity index is 1.40. The molecule has 4 aromatic rings. The summed E-state index contributed by atoms with van der Waals surface area (Å²) in [4.78, 5) is 20.0. The van der Waals surface area contributed by atoms with Gasteiger partial charge in [-0.1, -0.05) is 48.5 Å². The number of piperazine rings is 1. The Labute approximate surface area is 204 Å². The fourth-order valence-electron chi connectivity index (χ4n) is 4.83. The third-order valence-electron chi connectivity index (χ3n) is 6.67. The second-order valence-corrected chi connectivity index (χ2v) is 10.1. The zero-order valence-electron chi connectivity index (χ0n) is 19.9. The van der Waals surface area contributed by atoms with Crippen molar-refractivity contribution in [2.45, 2.75) is 25.9 Å². The van der Waals surface area contributed by atoms with E-state index in [9.17, 15) is 4.79 Å². The summed E-state index contributed by atoms with van der Waals surface area (Å²) in [7, 11) is 2.17. The van der Waals surface area contributed by atoms with Gasteiger partial charge in [0.2, 0.25) is 0 Å². The lowest BCUT2D eigenvalue weighted by Crippen LogP contribution is -2.51. The van der Waals surface area contributed by atoms with E-state index in [4.69, 9.17) is 5.10 Å². The minimum Gasteiger partial charge on any atom is -0.347 e. The maximum Gasteiger partial charge on any atom is 0.261 e. The van der Waals surface area contributed by atoms with Crippen LogP contribution in [0.1, 0.15) is 33.9 Å². The van der Waals surface area contributed by atoms with E-state index in [1.807, 2.05) is 54.1 Å². The van der Waals surface area contributed by atoms with Crippen LogP contribution in [0.25, 0.3) is 15.9 Å². The smallest absolute Gasteiger partial charge is 0.261 e. The van der Waals surface area contributed by atoms with Crippen LogP contribution in [0.4, 0.5) is 0 Å². The molecule has 2 unspecified atom stereocenters. The number of nitrogens with zero attached hydrogens (tertiary/aromatic N) is 4. The van der Waals surface area contributed by atoms with E-state index in [1.165, 1.54) is 16.9 Å². The number of carbonyl (C=O) groups is 1. The molecular formula is C27H31N5OS. The molecule has 0 bridgehead atoms. The third kappa shape index (κ3) is 4.51. The summed E-state index contributed by atoms with van der Waals surface area (Å²) < 4.78 is 1.94. The Kier molecular flexibility index (Phi) is 6.50. The quantitative estimate of drug-likeness (QED) is 0.448. The number of fused-ring (bicyclic) bond motifs is 1. The standard InChI is InChI=1S/C27H31N5OS/c1-19-23-18-24(34-27(23)32(29-19)22-12-8-5-9-13-22)26(33)28-20(2)25(21-10-6-4-7-11-21)31-16-14-30(3)15-17-31/h4-13,18,20,25H,14-17H2,1-3H3,(H,28,33). The molecule has 1 amide bonds. The van der Waals surface area contributed by atoms with Crippen LogP contribution in [0.3, 0.4) is 0 Å². The normalized spacial score (nSPS) is 17.0. The lowest BCUT2D eigenvalue weighted by Gasteiger charge is -2.41. The lowest BCUT2D eigenvalue weighted by atomic mass is 9.97. The van der Waals surface area contributed by atoms with Crippen LogP contribution in [-0.4, -0.2) is 64.8 Å². The maximum absolute atomic E-state index is 13.4. The summed E-state index contributed by atoms with van der Waals surface area (Å²) in [6, 6.07) is 22.7. The molecule has 0 radical (unpaired) electrons. The topological polar surface area (TPSA) is 53.4 Å². The number of amides is 1. The SMILES string of the molecule is Cc1nn(-c2ccccc2)c2sc(C(=O)NC(C)C(c3ccccc3)N3CCN(C)CC3)cc12. The van der Waals surface area contributed by atoms with Crippen molar-refractivity contribution in [3.63, 3.8) is 0 Å². The fraction of sp³-hybridized carbons (Fsp3) is 0.333. The molecule has 1 N–H and O–H groups in total. The van der Waals surface area contributed by atoms with Crippen molar-refractivity contribution in [2.24, 2.45) is 0 Å². The van der Waals surface area contributed by atoms with Crippen molar-refractivity contribution < 1.29 is 4.79 Å². The molecule has 0 aliphatic carbocycles. The first-order valence-corrected chi connectivity index (χ1v) is 12.7. The van der Waals surface area contributed by atoms with Crippen molar-refractivity contribution in [3.05, 3.63) is 82.9 Å². The highest BCUT2D eigenvalue weighted by Crippen LogP contribution is 2.31. The summed E-state index contributed by atoms with van der Waals surface area (Å²) in [5.41, 5.74) is 3.18. The van der Waals surface area contributed by atoms with Gasteiger partial charge in [0.25, 0.3) is 5.91 Å². The molecule has 1 fully saturated rings. The molecule has 1 saturated heterocycles. The Bertz CT molecular complexity index is 1260. The predicted octanol–water partition coefficient (Wildman–Crippen LogP) is 4.50. The number of hydrogen-bond donors (Lipinski definition) is 1. The molecule has 1 aliphatic rings. The van der Waals surface area contributed by atoms with Crippen LogP contribution in [0, 0.1) is 6.92 Å². The molecule has 2 aromatic heterocycles. The Morgan fingerprint density at radius 2 is 1.65 bits per heavy atom. The van der Waals surface area contributed by atoms with Gasteiger partial charge in [0.15, 0.2) is 0 Å². The number of benzene rings is 2. The number of carbonyl (C=O) groups excluding carboxylic acids is 1. The number of likely N-dealkylation sites (N-methyl/N-ethyl adjacent to an activating group) is 1. The third-order valence-corrected chi connectivity index (χ3v) is 7.78. The van der Waals surface area contributed by atoms with Gasteiger partial charge in [0.05, 0.1) is 22.3 Å². The first-order chi connectivity index (χ1) is 16.5. The van der Waals surface area contributed by atoms with Crippen LogP contribution in [-0.2, 0) is 0 Å². The van der Waals surface area contributed by atoms with Crippen LogP contribution in [0.15, 0.2) is 66.7 Å². The molecular weight excluding hydrogens is 442 g/mol. The van der Waals surface area contributed by atoms with Crippen LogP contribution >= 0.6 is 11.3 Å². The van der Waals surface area contributed by atoms with E-state index in [0.29, 0.717) is 0 Å². The van der Waals surface area contributed by atoms with Crippen LogP contribution in [0.5, 0.6) is 0 Å². The monoisotopic (exact) mass is 473 g/mol. The van der Waals surface area contributed by atoms with Gasteiger partial charge in [-0.15, -0.1) is 11.3 Å². The summed E-state index contributed by atoms with van der Waals surface area (Å²) in [5, 5.41) is 9.05. The summed E-state index contributed by atoms with van der Waals surface area (Å²) in [6.07, 6.45) is 0. The van der Waals surface area contributed by atoms with E-state index in [2.05, 4.69) is 53.4 Å². The minimum absolute atomic E-state index is 0.0252. The van der Waals surface area contributed by atoms with Crippen molar-refractivity contribution in [2.75, 3.05) is 33.2 Å². The fourth-order valence-corrected chi connectivity index (χ4v) is 5.91. The highest BCUT2D eigenvalue weighted by atomic mass is 32.1. The zero-order valence-corrected chi connectivity index (χ0v) is 20.8. The molecule has 34 heavy (non-hydrogen) atoms. The van der Waals surface area contributed by atoms with Crippen LogP contribution in [0.2, 0.25) is 0 Å². The Morgan fingerprint density at radius 3 is 2.32 bits per heavy atom. The highest BCUT2D eigenvalue weighted by Gasteiger charge is 2.30. The van der Waals surface area contributed by atoms with Crippen LogP contribution < -0.4 is 5.32 Å². The molecule has 6 nitrogen and oxygen atoms in total. The summed E-state index contributed by atoms with van der Waals surface area (Å²) in [5.74, 6) is -0.0252. The summed E-state index contributed by atoms with van der Waals surface area (Å²) >= 11 is 1.50. The minimum atomic E-state index is -0.0322. The number of aryl methyl sites for hydroxylation is 1. The maximum atomic E-state index is 13.4. The molecule has 2 aromatic carbocycles. The molecule has 5 rings (SSSR count). The number of rotatable bonds is 6.